The second kappa shape index (κ2) is 4.05. The molecule has 0 radical (unpaired) electrons. The fourth-order valence-electron chi connectivity index (χ4n) is 0.287. The average molecular weight is 214 g/mol. The largest absolute Gasteiger partial charge is 0.458 e. The van der Waals surface area contributed by atoms with Crippen LogP contribution in [0.3, 0.4) is 0 Å². The lowest BCUT2D eigenvalue weighted by molar-refractivity contribution is -0.109. The molecule has 14 heavy (non-hydrogen) atoms. The molecule has 7 heteroatoms. The van der Waals surface area contributed by atoms with Crippen molar-refractivity contribution >= 4 is 5.78 Å². The molecule has 0 heterocycles. The Bertz CT molecular complexity index is 305. The molecule has 0 aliphatic rings. The molecule has 0 aromatic heterocycles. The molecule has 0 aromatic rings. The maximum atomic E-state index is 11.3. The van der Waals surface area contributed by atoms with Gasteiger partial charge in [-0.15, -0.1) is 0 Å². The van der Waals surface area contributed by atoms with E-state index in [0.29, 0.717) is 11.8 Å². The van der Waals surface area contributed by atoms with Crippen molar-refractivity contribution in [1.82, 2.24) is 0 Å². The Morgan fingerprint density at radius 3 is 1.29 bits per heavy atom. The van der Waals surface area contributed by atoms with E-state index in [2.05, 4.69) is 0 Å². The van der Waals surface area contributed by atoms with Crippen LogP contribution in [0.2, 0.25) is 0 Å². The van der Waals surface area contributed by atoms with Gasteiger partial charge in [-0.3, -0.25) is 4.79 Å². The summed E-state index contributed by atoms with van der Waals surface area (Å²) >= 11 is 0. The van der Waals surface area contributed by atoms with Gasteiger partial charge in [0.1, 0.15) is 0 Å². The summed E-state index contributed by atoms with van der Waals surface area (Å²) in [6, 6.07) is 0. The Balaban J connectivity index is 4.51. The van der Waals surface area contributed by atoms with Crippen LogP contribution in [0.25, 0.3) is 0 Å². The standard InChI is InChI=1S/C7F6O/c8-6(9,10)3-1-5(14)2-4-7(11,12)13. The Labute approximate surface area is 74.1 Å². The Hall–Kier alpha value is -1.63. The zero-order valence-electron chi connectivity index (χ0n) is 6.18. The van der Waals surface area contributed by atoms with E-state index in [1.165, 1.54) is 0 Å². The molecule has 0 aromatic carbocycles. The van der Waals surface area contributed by atoms with Crippen LogP contribution < -0.4 is 0 Å². The maximum Gasteiger partial charge on any atom is 0.458 e. The summed E-state index contributed by atoms with van der Waals surface area (Å²) in [5.74, 6) is 1.06. The highest BCUT2D eigenvalue weighted by molar-refractivity contribution is 6.08. The first-order chi connectivity index (χ1) is 6.10. The number of hydrogen-bond donors (Lipinski definition) is 0. The van der Waals surface area contributed by atoms with Gasteiger partial charge in [-0.1, -0.05) is 0 Å². The quantitative estimate of drug-likeness (QED) is 0.340. The first-order valence-corrected chi connectivity index (χ1v) is 2.84. The molecule has 1 nitrogen and oxygen atoms in total. The molecule has 0 aliphatic carbocycles. The summed E-state index contributed by atoms with van der Waals surface area (Å²) in [5.41, 5.74) is 0. The maximum absolute atomic E-state index is 11.3. The number of carbonyl (C=O) groups excluding carboxylic acids is 1. The lowest BCUT2D eigenvalue weighted by Crippen LogP contribution is -2.05. The molecule has 0 spiro atoms. The van der Waals surface area contributed by atoms with Crippen LogP contribution in [0, 0.1) is 23.7 Å². The molecule has 0 rings (SSSR count). The van der Waals surface area contributed by atoms with E-state index in [9.17, 15) is 31.1 Å². The number of ketones is 1. The predicted octanol–water partition coefficient (Wildman–Crippen LogP) is 1.69. The second-order valence-electron chi connectivity index (χ2n) is 1.82. The van der Waals surface area contributed by atoms with Crippen LogP contribution in [-0.4, -0.2) is 18.1 Å². The molecule has 0 amide bonds. The van der Waals surface area contributed by atoms with Gasteiger partial charge in [-0.05, 0) is 11.8 Å². The highest BCUT2D eigenvalue weighted by atomic mass is 19.4. The molecule has 0 fully saturated rings. The number of Topliss-reactive ketones (excluding diaryl/α,β-unsaturated/α-hetero) is 1. The van der Waals surface area contributed by atoms with Crippen molar-refractivity contribution in [3.63, 3.8) is 0 Å². The van der Waals surface area contributed by atoms with Gasteiger partial charge in [0, 0.05) is 11.8 Å². The number of halogens is 6. The average Bonchev–Trinajstić information content (AvgIpc) is 1.94. The monoisotopic (exact) mass is 214 g/mol. The minimum Gasteiger partial charge on any atom is -0.270 e. The minimum atomic E-state index is -4.92. The SMILES string of the molecule is O=C(C#CC(F)(F)F)C#CC(F)(F)F. The number of rotatable bonds is 0. The van der Waals surface area contributed by atoms with Gasteiger partial charge >= 0.3 is 12.4 Å². The van der Waals surface area contributed by atoms with Gasteiger partial charge in [-0.25, -0.2) is 0 Å². The van der Waals surface area contributed by atoms with Crippen LogP contribution in [0.1, 0.15) is 0 Å². The molecule has 0 N–H and O–H groups in total. The van der Waals surface area contributed by atoms with Crippen molar-refractivity contribution in [2.75, 3.05) is 0 Å². The van der Waals surface area contributed by atoms with Gasteiger partial charge in [0.05, 0.1) is 0 Å². The number of hydrogen-bond acceptors (Lipinski definition) is 1. The van der Waals surface area contributed by atoms with Crippen molar-refractivity contribution in [1.29, 1.82) is 0 Å². The van der Waals surface area contributed by atoms with Crippen molar-refractivity contribution in [2.45, 2.75) is 12.4 Å². The van der Waals surface area contributed by atoms with Crippen LogP contribution in [0.4, 0.5) is 26.3 Å². The van der Waals surface area contributed by atoms with Gasteiger partial charge in [-0.2, -0.15) is 26.3 Å². The molecular weight excluding hydrogens is 214 g/mol. The third kappa shape index (κ3) is 8.47. The Morgan fingerprint density at radius 2 is 1.07 bits per heavy atom. The predicted molar refractivity (Wildman–Crippen MR) is 32.7 cm³/mol. The topological polar surface area (TPSA) is 17.1 Å². The van der Waals surface area contributed by atoms with Gasteiger partial charge in [0.15, 0.2) is 0 Å². The smallest absolute Gasteiger partial charge is 0.270 e. The van der Waals surface area contributed by atoms with Crippen molar-refractivity contribution in [3.8, 4) is 23.7 Å². The van der Waals surface area contributed by atoms with E-state index < -0.39 is 18.1 Å². The normalized spacial score (nSPS) is 10.7. The Morgan fingerprint density at radius 1 is 0.786 bits per heavy atom. The molecule has 0 atom stereocenters. The molecular formula is C7F6O. The van der Waals surface area contributed by atoms with E-state index in [1.54, 1.807) is 0 Å². The molecule has 0 unspecified atom stereocenters. The van der Waals surface area contributed by atoms with E-state index in [1.807, 2.05) is 0 Å². The molecule has 0 aliphatic heterocycles. The summed E-state index contributed by atoms with van der Waals surface area (Å²) in [4.78, 5) is 10.2. The van der Waals surface area contributed by atoms with E-state index in [4.69, 9.17) is 0 Å². The molecule has 76 valence electrons. The van der Waals surface area contributed by atoms with Crippen molar-refractivity contribution in [2.24, 2.45) is 0 Å². The lowest BCUT2D eigenvalue weighted by Gasteiger charge is -1.91. The third-order valence-corrected chi connectivity index (χ3v) is 0.636. The first kappa shape index (κ1) is 12.4. The van der Waals surface area contributed by atoms with Crippen LogP contribution in [-0.2, 0) is 4.79 Å². The number of carbonyl (C=O) groups is 1. The molecule has 0 bridgehead atoms. The van der Waals surface area contributed by atoms with Crippen molar-refractivity contribution < 1.29 is 31.1 Å². The van der Waals surface area contributed by atoms with E-state index in [0.717, 1.165) is 11.8 Å². The van der Waals surface area contributed by atoms with Gasteiger partial charge in [0.2, 0.25) is 0 Å². The zero-order chi connectivity index (χ0) is 11.4. The molecule has 0 saturated heterocycles. The summed E-state index contributed by atoms with van der Waals surface area (Å²) < 4.78 is 67.8. The number of alkyl halides is 6. The fraction of sp³-hybridized carbons (Fsp3) is 0.286. The highest BCUT2D eigenvalue weighted by Crippen LogP contribution is 2.12. The Kier molecular flexibility index (Phi) is 3.58. The van der Waals surface area contributed by atoms with E-state index in [-0.39, 0.29) is 0 Å². The van der Waals surface area contributed by atoms with E-state index >= 15 is 0 Å². The second-order valence-corrected chi connectivity index (χ2v) is 1.82. The van der Waals surface area contributed by atoms with Gasteiger partial charge in [0.25, 0.3) is 5.78 Å². The van der Waals surface area contributed by atoms with Gasteiger partial charge < -0.3 is 0 Å². The fourth-order valence-corrected chi connectivity index (χ4v) is 0.287. The summed E-state index contributed by atoms with van der Waals surface area (Å²) in [7, 11) is 0. The summed E-state index contributed by atoms with van der Waals surface area (Å²) in [5, 5.41) is 0. The first-order valence-electron chi connectivity index (χ1n) is 2.84. The zero-order valence-corrected chi connectivity index (χ0v) is 6.18. The van der Waals surface area contributed by atoms with Crippen LogP contribution in [0.5, 0.6) is 0 Å². The molecule has 0 saturated carbocycles. The lowest BCUT2D eigenvalue weighted by atomic mass is 10.4. The summed E-state index contributed by atoms with van der Waals surface area (Å²) in [6.45, 7) is 0. The van der Waals surface area contributed by atoms with Crippen LogP contribution in [0.15, 0.2) is 0 Å². The third-order valence-electron chi connectivity index (χ3n) is 0.636. The van der Waals surface area contributed by atoms with Crippen molar-refractivity contribution in [3.05, 3.63) is 0 Å². The summed E-state index contributed by atoms with van der Waals surface area (Å²) in [6.07, 6.45) is -9.84. The minimum absolute atomic E-state index is 0.488. The highest BCUT2D eigenvalue weighted by Gasteiger charge is 2.24. The van der Waals surface area contributed by atoms with Crippen LogP contribution >= 0.6 is 0 Å².